The van der Waals surface area contributed by atoms with Crippen molar-refractivity contribution >= 4 is 5.95 Å². The van der Waals surface area contributed by atoms with E-state index in [9.17, 15) is 5.11 Å². The van der Waals surface area contributed by atoms with Crippen LogP contribution in [0.1, 0.15) is 37.8 Å². The number of piperidine rings is 1. The Kier molecular flexibility index (Phi) is 7.95. The molecule has 0 saturated carbocycles. The van der Waals surface area contributed by atoms with Crippen molar-refractivity contribution in [3.05, 3.63) is 29.5 Å². The van der Waals surface area contributed by atoms with Crippen molar-refractivity contribution < 1.29 is 14.6 Å². The number of aryl methyl sites for hydroxylation is 2. The quantitative estimate of drug-likeness (QED) is 0.477. The van der Waals surface area contributed by atoms with Crippen molar-refractivity contribution in [3.8, 4) is 17.0 Å². The van der Waals surface area contributed by atoms with E-state index < -0.39 is 0 Å². The number of nitrogens with zero attached hydrogens (tertiary/aromatic N) is 4. The minimum Gasteiger partial charge on any atom is -0.467 e. The lowest BCUT2D eigenvalue weighted by Crippen LogP contribution is -2.47. The highest BCUT2D eigenvalue weighted by atomic mass is 16.7. The third kappa shape index (κ3) is 5.65. The van der Waals surface area contributed by atoms with Crippen LogP contribution in [-0.4, -0.2) is 70.4 Å². The molecule has 1 unspecified atom stereocenters. The molecular weight excluding hydrogens is 382 g/mol. The second-order valence-corrected chi connectivity index (χ2v) is 7.89. The second-order valence-electron chi connectivity index (χ2n) is 7.89. The average molecular weight is 416 g/mol. The molecule has 1 saturated heterocycles. The number of rotatable bonds is 9. The first kappa shape index (κ1) is 22.4. The molecule has 0 bridgehead atoms. The van der Waals surface area contributed by atoms with E-state index in [1.807, 2.05) is 33.8 Å². The fourth-order valence-electron chi connectivity index (χ4n) is 3.84. The maximum atomic E-state index is 9.42. The monoisotopic (exact) mass is 415 g/mol. The number of aliphatic hydroxyl groups is 1. The summed E-state index contributed by atoms with van der Waals surface area (Å²) < 4.78 is 11.2. The summed E-state index contributed by atoms with van der Waals surface area (Å²) in [7, 11) is 0. The van der Waals surface area contributed by atoms with E-state index in [4.69, 9.17) is 9.47 Å². The van der Waals surface area contributed by atoms with Gasteiger partial charge in [0.1, 0.15) is 11.4 Å². The van der Waals surface area contributed by atoms with Gasteiger partial charge in [-0.25, -0.2) is 4.98 Å². The molecule has 1 aliphatic rings. The lowest BCUT2D eigenvalue weighted by Gasteiger charge is -2.36. The predicted molar refractivity (Wildman–Crippen MR) is 117 cm³/mol. The van der Waals surface area contributed by atoms with Gasteiger partial charge in [-0.05, 0) is 64.3 Å². The van der Waals surface area contributed by atoms with Crippen LogP contribution in [0.5, 0.6) is 5.75 Å². The first-order valence-electron chi connectivity index (χ1n) is 10.6. The van der Waals surface area contributed by atoms with Crippen molar-refractivity contribution in [1.82, 2.24) is 20.1 Å². The zero-order valence-electron chi connectivity index (χ0n) is 18.4. The largest absolute Gasteiger partial charge is 0.467 e. The smallest absolute Gasteiger partial charge is 0.242 e. The number of anilines is 1. The van der Waals surface area contributed by atoms with E-state index in [1.54, 1.807) is 6.20 Å². The fourth-order valence-corrected chi connectivity index (χ4v) is 3.84. The number of aliphatic hydroxyl groups excluding tert-OH is 1. The molecule has 1 aliphatic heterocycles. The van der Waals surface area contributed by atoms with E-state index in [0.717, 1.165) is 48.4 Å². The molecule has 2 N–H and O–H groups in total. The number of aromatic nitrogens is 3. The first-order valence-corrected chi connectivity index (χ1v) is 10.6. The van der Waals surface area contributed by atoms with Crippen LogP contribution in [0, 0.1) is 13.8 Å². The van der Waals surface area contributed by atoms with Gasteiger partial charge in [-0.15, -0.1) is 10.2 Å². The maximum absolute atomic E-state index is 9.42. The van der Waals surface area contributed by atoms with Gasteiger partial charge in [0, 0.05) is 30.8 Å². The molecule has 8 nitrogen and oxygen atoms in total. The number of ether oxygens (including phenoxy) is 2. The van der Waals surface area contributed by atoms with Gasteiger partial charge in [0.25, 0.3) is 0 Å². The molecule has 30 heavy (non-hydrogen) atoms. The molecule has 1 aromatic carbocycles. The zero-order chi connectivity index (χ0) is 21.5. The molecule has 1 aromatic heterocycles. The Balaban J connectivity index is 1.73. The van der Waals surface area contributed by atoms with Gasteiger partial charge in [-0.3, -0.25) is 4.90 Å². The number of hydrogen-bond acceptors (Lipinski definition) is 8. The van der Waals surface area contributed by atoms with Crippen LogP contribution in [0.25, 0.3) is 11.3 Å². The van der Waals surface area contributed by atoms with E-state index >= 15 is 0 Å². The molecule has 3 rings (SSSR count). The number of benzene rings is 1. The number of nitrogens with one attached hydrogen (secondary N) is 1. The molecule has 2 atom stereocenters. The summed E-state index contributed by atoms with van der Waals surface area (Å²) in [5.41, 5.74) is 3.72. The highest BCUT2D eigenvalue weighted by Gasteiger charge is 2.24. The summed E-state index contributed by atoms with van der Waals surface area (Å²) in [5.74, 6) is 1.24. The number of hydrogen-bond donors (Lipinski definition) is 2. The Hall–Kier alpha value is -2.29. The maximum Gasteiger partial charge on any atom is 0.242 e. The SMILES string of the molecule is CCOCOc1cc(C)cc(C)c1-c1cnc(N[C@@H]2CCCN(C(C)CO)C2)nn1. The van der Waals surface area contributed by atoms with Crippen LogP contribution in [0.4, 0.5) is 5.95 Å². The summed E-state index contributed by atoms with van der Waals surface area (Å²) in [5, 5.41) is 21.5. The average Bonchev–Trinajstić information content (AvgIpc) is 2.74. The van der Waals surface area contributed by atoms with Gasteiger partial charge in [0.05, 0.1) is 12.8 Å². The van der Waals surface area contributed by atoms with Gasteiger partial charge in [-0.2, -0.15) is 0 Å². The van der Waals surface area contributed by atoms with Gasteiger partial charge >= 0.3 is 0 Å². The Labute approximate surface area is 178 Å². The summed E-state index contributed by atoms with van der Waals surface area (Å²) >= 11 is 0. The van der Waals surface area contributed by atoms with Crippen LogP contribution in [0.2, 0.25) is 0 Å². The van der Waals surface area contributed by atoms with Crippen LogP contribution in [0.15, 0.2) is 18.3 Å². The lowest BCUT2D eigenvalue weighted by molar-refractivity contribution is 0.0227. The van der Waals surface area contributed by atoms with E-state index in [1.165, 1.54) is 0 Å². The Morgan fingerprint density at radius 2 is 2.13 bits per heavy atom. The molecule has 2 aromatic rings. The fraction of sp³-hybridized carbons (Fsp3) is 0.591. The molecule has 2 heterocycles. The summed E-state index contributed by atoms with van der Waals surface area (Å²) in [6.45, 7) is 10.9. The van der Waals surface area contributed by atoms with E-state index in [-0.39, 0.29) is 25.5 Å². The third-order valence-corrected chi connectivity index (χ3v) is 5.44. The molecule has 0 aliphatic carbocycles. The summed E-state index contributed by atoms with van der Waals surface area (Å²) in [6, 6.07) is 4.48. The van der Waals surface area contributed by atoms with Crippen molar-refractivity contribution in [2.24, 2.45) is 0 Å². The van der Waals surface area contributed by atoms with Gasteiger partial charge < -0.3 is 19.9 Å². The molecule has 8 heteroatoms. The van der Waals surface area contributed by atoms with E-state index in [0.29, 0.717) is 18.2 Å². The van der Waals surface area contributed by atoms with Gasteiger partial charge in [-0.1, -0.05) is 6.07 Å². The van der Waals surface area contributed by atoms with Crippen LogP contribution in [0.3, 0.4) is 0 Å². The molecule has 164 valence electrons. The number of likely N-dealkylation sites (tertiary alicyclic amines) is 1. The second kappa shape index (κ2) is 10.7. The Morgan fingerprint density at radius 3 is 2.83 bits per heavy atom. The minimum absolute atomic E-state index is 0.163. The first-order chi connectivity index (χ1) is 14.5. The van der Waals surface area contributed by atoms with Crippen molar-refractivity contribution in [1.29, 1.82) is 0 Å². The van der Waals surface area contributed by atoms with Crippen LogP contribution >= 0.6 is 0 Å². The van der Waals surface area contributed by atoms with Crippen molar-refractivity contribution in [3.63, 3.8) is 0 Å². The lowest BCUT2D eigenvalue weighted by atomic mass is 10.0. The minimum atomic E-state index is 0.163. The molecule has 1 fully saturated rings. The highest BCUT2D eigenvalue weighted by molar-refractivity contribution is 5.71. The van der Waals surface area contributed by atoms with Gasteiger partial charge in [0.2, 0.25) is 5.95 Å². The van der Waals surface area contributed by atoms with Crippen LogP contribution in [-0.2, 0) is 4.74 Å². The molecular formula is C22H33N5O3. The standard InChI is InChI=1S/C22H33N5O3/c1-5-29-14-30-20-10-15(2)9-16(3)21(20)19-11-23-22(26-25-19)24-18-7-6-8-27(12-18)17(4)13-28/h9-11,17-18,28H,5-8,12-14H2,1-4H3,(H,23,24,26)/t17?,18-/m1/s1. The Morgan fingerprint density at radius 1 is 1.30 bits per heavy atom. The highest BCUT2D eigenvalue weighted by Crippen LogP contribution is 2.33. The normalized spacial score (nSPS) is 18.2. The van der Waals surface area contributed by atoms with Crippen molar-refractivity contribution in [2.75, 3.05) is 38.4 Å². The Bertz CT molecular complexity index is 815. The zero-order valence-corrected chi connectivity index (χ0v) is 18.4. The van der Waals surface area contributed by atoms with Crippen LogP contribution < -0.4 is 10.1 Å². The topological polar surface area (TPSA) is 92.6 Å². The molecule has 0 radical (unpaired) electrons. The molecule has 0 spiro atoms. The third-order valence-electron chi connectivity index (χ3n) is 5.44. The van der Waals surface area contributed by atoms with Gasteiger partial charge in [0.15, 0.2) is 6.79 Å². The van der Waals surface area contributed by atoms with Crippen molar-refractivity contribution in [2.45, 2.75) is 52.6 Å². The molecule has 0 amide bonds. The predicted octanol–water partition coefficient (Wildman–Crippen LogP) is 2.79. The van der Waals surface area contributed by atoms with E-state index in [2.05, 4.69) is 31.5 Å². The summed E-state index contributed by atoms with van der Waals surface area (Å²) in [6.07, 6.45) is 3.86. The summed E-state index contributed by atoms with van der Waals surface area (Å²) in [4.78, 5) is 6.79.